The van der Waals surface area contributed by atoms with Crippen LogP contribution in [0.3, 0.4) is 0 Å². The first-order valence-corrected chi connectivity index (χ1v) is 8.68. The van der Waals surface area contributed by atoms with Gasteiger partial charge >= 0.3 is 11.9 Å². The SMILES string of the molecule is CCOC(=O)c1c(NC(=O)c2ccn(C(C)C(=O)O)n2)sc(C(N)=O)c1C. The Kier molecular flexibility index (Phi) is 5.95. The van der Waals surface area contributed by atoms with E-state index in [9.17, 15) is 19.2 Å². The Labute approximate surface area is 157 Å². The monoisotopic (exact) mass is 394 g/mol. The van der Waals surface area contributed by atoms with Crippen LogP contribution in [0, 0.1) is 6.92 Å². The molecular formula is C16H18N4O6S. The van der Waals surface area contributed by atoms with E-state index >= 15 is 0 Å². The predicted octanol–water partition coefficient (Wildman–Crippen LogP) is 1.43. The second kappa shape index (κ2) is 7.99. The van der Waals surface area contributed by atoms with E-state index in [1.165, 1.54) is 26.1 Å². The van der Waals surface area contributed by atoms with E-state index in [0.717, 1.165) is 16.0 Å². The molecule has 2 aromatic heterocycles. The number of esters is 1. The minimum atomic E-state index is -1.10. The van der Waals surface area contributed by atoms with Crippen LogP contribution in [0.2, 0.25) is 0 Å². The van der Waals surface area contributed by atoms with Crippen molar-refractivity contribution < 1.29 is 29.0 Å². The second-order valence-corrected chi connectivity index (χ2v) is 6.51. The summed E-state index contributed by atoms with van der Waals surface area (Å²) in [4.78, 5) is 47.3. The van der Waals surface area contributed by atoms with Crippen molar-refractivity contribution >= 4 is 40.1 Å². The highest BCUT2D eigenvalue weighted by molar-refractivity contribution is 7.18. The number of carboxylic acids is 1. The van der Waals surface area contributed by atoms with Crippen LogP contribution in [-0.4, -0.2) is 45.2 Å². The topological polar surface area (TPSA) is 154 Å². The maximum absolute atomic E-state index is 12.4. The molecular weight excluding hydrogens is 376 g/mol. The summed E-state index contributed by atoms with van der Waals surface area (Å²) >= 11 is 0.853. The van der Waals surface area contributed by atoms with E-state index in [4.69, 9.17) is 15.6 Å². The van der Waals surface area contributed by atoms with Crippen molar-refractivity contribution in [1.82, 2.24) is 9.78 Å². The number of aromatic nitrogens is 2. The number of hydrogen-bond donors (Lipinski definition) is 3. The molecule has 2 aromatic rings. The van der Waals surface area contributed by atoms with Crippen LogP contribution in [0.5, 0.6) is 0 Å². The van der Waals surface area contributed by atoms with Crippen molar-refractivity contribution in [2.24, 2.45) is 5.73 Å². The van der Waals surface area contributed by atoms with Gasteiger partial charge in [-0.3, -0.25) is 14.3 Å². The van der Waals surface area contributed by atoms with Crippen LogP contribution in [0.4, 0.5) is 5.00 Å². The predicted molar refractivity (Wildman–Crippen MR) is 96.1 cm³/mol. The Bertz CT molecular complexity index is 916. The standard InChI is InChI=1S/C16H18N4O6S/c1-4-26-16(25)10-7(2)11(12(17)21)27-14(10)18-13(22)9-5-6-20(19-9)8(3)15(23)24/h5-6,8H,4H2,1-3H3,(H2,17,21)(H,18,22)(H,23,24). The number of anilines is 1. The summed E-state index contributed by atoms with van der Waals surface area (Å²) < 4.78 is 6.09. The van der Waals surface area contributed by atoms with E-state index < -0.39 is 29.8 Å². The molecule has 0 saturated carbocycles. The number of primary amides is 1. The number of nitrogens with two attached hydrogens (primary N) is 1. The van der Waals surface area contributed by atoms with Gasteiger partial charge in [0, 0.05) is 6.20 Å². The molecule has 1 unspecified atom stereocenters. The number of thiophene rings is 1. The van der Waals surface area contributed by atoms with Crippen LogP contribution in [0.15, 0.2) is 12.3 Å². The lowest BCUT2D eigenvalue weighted by atomic mass is 10.1. The molecule has 0 saturated heterocycles. The summed E-state index contributed by atoms with van der Waals surface area (Å²) in [6.07, 6.45) is 1.36. The molecule has 11 heteroatoms. The first-order chi connectivity index (χ1) is 12.7. The first kappa shape index (κ1) is 20.1. The quantitative estimate of drug-likeness (QED) is 0.600. The zero-order chi connectivity index (χ0) is 20.3. The number of carbonyl (C=O) groups excluding carboxylic acids is 3. The van der Waals surface area contributed by atoms with Gasteiger partial charge in [0.2, 0.25) is 0 Å². The fourth-order valence-electron chi connectivity index (χ4n) is 2.24. The number of carbonyl (C=O) groups is 4. The molecule has 1 atom stereocenters. The molecule has 0 fully saturated rings. The average molecular weight is 394 g/mol. The average Bonchev–Trinajstić information content (AvgIpc) is 3.19. The lowest BCUT2D eigenvalue weighted by Crippen LogP contribution is -2.18. The minimum Gasteiger partial charge on any atom is -0.480 e. The molecule has 144 valence electrons. The van der Waals surface area contributed by atoms with E-state index in [-0.39, 0.29) is 27.7 Å². The normalized spacial score (nSPS) is 11.7. The van der Waals surface area contributed by atoms with Gasteiger partial charge in [0.05, 0.1) is 17.0 Å². The van der Waals surface area contributed by atoms with Crippen molar-refractivity contribution in [1.29, 1.82) is 0 Å². The molecule has 2 amide bonds. The third kappa shape index (κ3) is 4.14. The van der Waals surface area contributed by atoms with Crippen molar-refractivity contribution in [2.75, 3.05) is 11.9 Å². The van der Waals surface area contributed by atoms with Crippen LogP contribution in [0.1, 0.15) is 56.0 Å². The van der Waals surface area contributed by atoms with Gasteiger partial charge in [0.1, 0.15) is 11.0 Å². The summed E-state index contributed by atoms with van der Waals surface area (Å²) in [5.41, 5.74) is 5.62. The minimum absolute atomic E-state index is 0.0438. The van der Waals surface area contributed by atoms with Crippen LogP contribution in [0.25, 0.3) is 0 Å². The first-order valence-electron chi connectivity index (χ1n) is 7.86. The van der Waals surface area contributed by atoms with E-state index in [2.05, 4.69) is 10.4 Å². The number of rotatable bonds is 7. The second-order valence-electron chi connectivity index (χ2n) is 5.49. The summed E-state index contributed by atoms with van der Waals surface area (Å²) in [6, 6.07) is 0.390. The number of nitrogens with zero attached hydrogens (tertiary/aromatic N) is 2. The van der Waals surface area contributed by atoms with Gasteiger partial charge < -0.3 is 20.9 Å². The van der Waals surface area contributed by atoms with Gasteiger partial charge in [-0.2, -0.15) is 5.10 Å². The molecule has 10 nitrogen and oxygen atoms in total. The van der Waals surface area contributed by atoms with Crippen molar-refractivity contribution in [3.63, 3.8) is 0 Å². The summed E-state index contributed by atoms with van der Waals surface area (Å²) in [5.74, 6) is -3.20. The molecule has 2 heterocycles. The number of carboxylic acid groups (broad SMARTS) is 1. The van der Waals surface area contributed by atoms with Crippen molar-refractivity contribution in [3.8, 4) is 0 Å². The Morgan fingerprint density at radius 2 is 2.07 bits per heavy atom. The summed E-state index contributed by atoms with van der Waals surface area (Å²) in [6.45, 7) is 4.69. The highest BCUT2D eigenvalue weighted by Crippen LogP contribution is 2.33. The molecule has 0 aliphatic heterocycles. The van der Waals surface area contributed by atoms with Crippen molar-refractivity contribution in [2.45, 2.75) is 26.8 Å². The Balaban J connectivity index is 2.34. The van der Waals surface area contributed by atoms with Crippen LogP contribution in [-0.2, 0) is 9.53 Å². The van der Waals surface area contributed by atoms with Crippen LogP contribution < -0.4 is 11.1 Å². The fraction of sp³-hybridized carbons (Fsp3) is 0.312. The third-order valence-corrected chi connectivity index (χ3v) is 4.89. The van der Waals surface area contributed by atoms with E-state index in [0.29, 0.717) is 5.56 Å². The Morgan fingerprint density at radius 3 is 2.63 bits per heavy atom. The molecule has 0 aromatic carbocycles. The summed E-state index contributed by atoms with van der Waals surface area (Å²) in [7, 11) is 0. The lowest BCUT2D eigenvalue weighted by Gasteiger charge is -2.07. The Morgan fingerprint density at radius 1 is 1.41 bits per heavy atom. The number of nitrogens with one attached hydrogen (secondary N) is 1. The van der Waals surface area contributed by atoms with E-state index in [1.54, 1.807) is 6.92 Å². The van der Waals surface area contributed by atoms with Gasteiger partial charge in [-0.1, -0.05) is 0 Å². The molecule has 0 spiro atoms. The van der Waals surface area contributed by atoms with Gasteiger partial charge in [-0.05, 0) is 32.4 Å². The zero-order valence-electron chi connectivity index (χ0n) is 14.8. The molecule has 0 radical (unpaired) electrons. The number of hydrogen-bond acceptors (Lipinski definition) is 7. The molecule has 4 N–H and O–H groups in total. The number of ether oxygens (including phenoxy) is 1. The Hall–Kier alpha value is -3.21. The molecule has 2 rings (SSSR count). The largest absolute Gasteiger partial charge is 0.480 e. The molecule has 0 aliphatic rings. The fourth-order valence-corrected chi connectivity index (χ4v) is 3.28. The highest BCUT2D eigenvalue weighted by Gasteiger charge is 2.26. The zero-order valence-corrected chi connectivity index (χ0v) is 15.6. The van der Waals surface area contributed by atoms with E-state index in [1.807, 2.05) is 0 Å². The van der Waals surface area contributed by atoms with Gasteiger partial charge in [-0.15, -0.1) is 11.3 Å². The summed E-state index contributed by atoms with van der Waals surface area (Å²) in [5, 5.41) is 15.5. The van der Waals surface area contributed by atoms with Gasteiger partial charge in [0.25, 0.3) is 11.8 Å². The third-order valence-electron chi connectivity index (χ3n) is 3.67. The van der Waals surface area contributed by atoms with Crippen LogP contribution >= 0.6 is 11.3 Å². The van der Waals surface area contributed by atoms with Crippen molar-refractivity contribution in [3.05, 3.63) is 34.0 Å². The maximum Gasteiger partial charge on any atom is 0.341 e. The maximum atomic E-state index is 12.4. The van der Waals surface area contributed by atoms with Gasteiger partial charge in [-0.25, -0.2) is 9.59 Å². The number of aliphatic carboxylic acids is 1. The molecule has 27 heavy (non-hydrogen) atoms. The highest BCUT2D eigenvalue weighted by atomic mass is 32.1. The smallest absolute Gasteiger partial charge is 0.341 e. The number of amides is 2. The lowest BCUT2D eigenvalue weighted by molar-refractivity contribution is -0.140. The molecule has 0 bridgehead atoms. The molecule has 0 aliphatic carbocycles. The van der Waals surface area contributed by atoms with Gasteiger partial charge in [0.15, 0.2) is 5.69 Å².